The second-order valence-corrected chi connectivity index (χ2v) is 7.59. The summed E-state index contributed by atoms with van der Waals surface area (Å²) in [5.74, 6) is 1.45. The number of nitrogens with zero attached hydrogens (tertiary/aromatic N) is 3. The molecule has 0 bridgehead atoms. The highest BCUT2D eigenvalue weighted by Gasteiger charge is 2.32. The van der Waals surface area contributed by atoms with Crippen molar-refractivity contribution >= 4 is 10.9 Å². The van der Waals surface area contributed by atoms with Crippen molar-refractivity contribution in [2.75, 3.05) is 13.1 Å². The molecule has 0 saturated carbocycles. The summed E-state index contributed by atoms with van der Waals surface area (Å²) in [5, 5.41) is 15.9. The third kappa shape index (κ3) is 3.50. The molecule has 4 rings (SSSR count). The second-order valence-electron chi connectivity index (χ2n) is 7.59. The molecule has 1 saturated heterocycles. The van der Waals surface area contributed by atoms with Crippen LogP contribution in [-0.4, -0.2) is 39.3 Å². The van der Waals surface area contributed by atoms with Crippen LogP contribution in [0.15, 0.2) is 47.1 Å². The first kappa shape index (κ1) is 17.2. The summed E-state index contributed by atoms with van der Waals surface area (Å²) >= 11 is 0. The van der Waals surface area contributed by atoms with Gasteiger partial charge in [-0.3, -0.25) is 9.88 Å². The van der Waals surface area contributed by atoms with Gasteiger partial charge in [-0.15, -0.1) is 0 Å². The first-order valence-electron chi connectivity index (χ1n) is 9.28. The molecule has 136 valence electrons. The predicted molar refractivity (Wildman–Crippen MR) is 101 cm³/mol. The predicted octanol–water partition coefficient (Wildman–Crippen LogP) is 3.38. The summed E-state index contributed by atoms with van der Waals surface area (Å²) in [6, 6.07) is 12.3. The average Bonchev–Trinajstić information content (AvgIpc) is 3.23. The molecule has 2 atom stereocenters. The van der Waals surface area contributed by atoms with E-state index in [9.17, 15) is 5.11 Å². The van der Waals surface area contributed by atoms with E-state index in [0.29, 0.717) is 19.0 Å². The summed E-state index contributed by atoms with van der Waals surface area (Å²) in [6.45, 7) is 6.44. The Balaban J connectivity index is 1.45. The molecule has 0 unspecified atom stereocenters. The van der Waals surface area contributed by atoms with Gasteiger partial charge in [-0.2, -0.15) is 0 Å². The van der Waals surface area contributed by atoms with E-state index < -0.39 is 0 Å². The third-order valence-corrected chi connectivity index (χ3v) is 5.25. The van der Waals surface area contributed by atoms with Gasteiger partial charge in [0.25, 0.3) is 0 Å². The van der Waals surface area contributed by atoms with E-state index in [1.165, 1.54) is 10.9 Å². The Morgan fingerprint density at radius 2 is 2.08 bits per heavy atom. The number of hydrogen-bond acceptors (Lipinski definition) is 5. The number of benzene rings is 1. The number of fused-ring (bicyclic) bond motifs is 1. The van der Waals surface area contributed by atoms with Crippen molar-refractivity contribution in [3.8, 4) is 0 Å². The Morgan fingerprint density at radius 3 is 2.88 bits per heavy atom. The lowest BCUT2D eigenvalue weighted by atomic mass is 9.94. The van der Waals surface area contributed by atoms with Gasteiger partial charge in [0, 0.05) is 36.7 Å². The molecule has 5 heteroatoms. The fourth-order valence-electron chi connectivity index (χ4n) is 3.78. The van der Waals surface area contributed by atoms with Crippen molar-refractivity contribution in [3.05, 3.63) is 59.6 Å². The fraction of sp³-hybridized carbons (Fsp3) is 0.429. The minimum Gasteiger partial charge on any atom is -0.391 e. The van der Waals surface area contributed by atoms with Gasteiger partial charge < -0.3 is 9.63 Å². The van der Waals surface area contributed by atoms with Gasteiger partial charge in [-0.05, 0) is 30.0 Å². The van der Waals surface area contributed by atoms with Crippen molar-refractivity contribution in [2.45, 2.75) is 38.8 Å². The minimum atomic E-state index is -0.325. The van der Waals surface area contributed by atoms with E-state index >= 15 is 0 Å². The summed E-state index contributed by atoms with van der Waals surface area (Å²) in [7, 11) is 0. The SMILES string of the molecule is CC(C)c1cc(CN2C[C@@H](Cc3ccnc4ccccc34)[C@@H](O)C2)on1. The van der Waals surface area contributed by atoms with Gasteiger partial charge in [0.15, 0.2) is 5.76 Å². The zero-order chi connectivity index (χ0) is 18.1. The number of likely N-dealkylation sites (tertiary alicyclic amines) is 1. The molecule has 2 aromatic heterocycles. The van der Waals surface area contributed by atoms with Gasteiger partial charge in [0.1, 0.15) is 0 Å². The van der Waals surface area contributed by atoms with Crippen LogP contribution in [0.4, 0.5) is 0 Å². The topological polar surface area (TPSA) is 62.4 Å². The molecular weight excluding hydrogens is 326 g/mol. The summed E-state index contributed by atoms with van der Waals surface area (Å²) < 4.78 is 5.45. The molecule has 1 aliphatic rings. The maximum atomic E-state index is 10.6. The van der Waals surface area contributed by atoms with E-state index in [2.05, 4.69) is 41.0 Å². The molecule has 3 heterocycles. The van der Waals surface area contributed by atoms with E-state index in [0.717, 1.165) is 29.9 Å². The highest BCUT2D eigenvalue weighted by atomic mass is 16.5. The van der Waals surface area contributed by atoms with Crippen molar-refractivity contribution in [3.63, 3.8) is 0 Å². The Labute approximate surface area is 153 Å². The molecule has 1 aromatic carbocycles. The van der Waals surface area contributed by atoms with Crippen LogP contribution in [0.3, 0.4) is 0 Å². The van der Waals surface area contributed by atoms with E-state index in [-0.39, 0.29) is 12.0 Å². The smallest absolute Gasteiger partial charge is 0.150 e. The summed E-state index contributed by atoms with van der Waals surface area (Å²) in [4.78, 5) is 6.68. The Hall–Kier alpha value is -2.24. The van der Waals surface area contributed by atoms with Crippen molar-refractivity contribution in [1.82, 2.24) is 15.0 Å². The second kappa shape index (κ2) is 7.17. The lowest BCUT2D eigenvalue weighted by Crippen LogP contribution is -2.21. The first-order chi connectivity index (χ1) is 12.6. The fourth-order valence-corrected chi connectivity index (χ4v) is 3.78. The molecule has 26 heavy (non-hydrogen) atoms. The zero-order valence-electron chi connectivity index (χ0n) is 15.3. The maximum absolute atomic E-state index is 10.6. The molecule has 0 spiro atoms. The van der Waals surface area contributed by atoms with Crippen molar-refractivity contribution in [1.29, 1.82) is 0 Å². The van der Waals surface area contributed by atoms with Crippen LogP contribution in [0.25, 0.3) is 10.9 Å². The molecule has 0 radical (unpaired) electrons. The number of aliphatic hydroxyl groups excluding tert-OH is 1. The van der Waals surface area contributed by atoms with E-state index in [4.69, 9.17) is 4.52 Å². The molecule has 0 aliphatic carbocycles. The minimum absolute atomic E-state index is 0.216. The molecule has 1 N–H and O–H groups in total. The van der Waals surface area contributed by atoms with Crippen molar-refractivity contribution < 1.29 is 9.63 Å². The van der Waals surface area contributed by atoms with Gasteiger partial charge >= 0.3 is 0 Å². The number of aliphatic hydroxyl groups is 1. The van der Waals surface area contributed by atoms with Gasteiger partial charge in [0.2, 0.25) is 0 Å². The molecular formula is C21H25N3O2. The van der Waals surface area contributed by atoms with Crippen LogP contribution in [0.1, 0.15) is 36.8 Å². The molecule has 0 amide bonds. The van der Waals surface area contributed by atoms with Crippen LogP contribution in [0.5, 0.6) is 0 Å². The zero-order valence-corrected chi connectivity index (χ0v) is 15.3. The Kier molecular flexibility index (Phi) is 4.74. The standard InChI is InChI=1S/C21H25N3O2/c1-14(2)20-10-17(26-23-20)12-24-11-16(21(25)13-24)9-15-7-8-22-19-6-4-3-5-18(15)19/h3-8,10,14,16,21,25H,9,11-13H2,1-2H3/t16-,21+/m1/s1. The van der Waals surface area contributed by atoms with Gasteiger partial charge in [-0.1, -0.05) is 37.2 Å². The van der Waals surface area contributed by atoms with Crippen LogP contribution in [0.2, 0.25) is 0 Å². The van der Waals surface area contributed by atoms with Gasteiger partial charge in [0.05, 0.1) is 23.9 Å². The Bertz CT molecular complexity index is 884. The van der Waals surface area contributed by atoms with Crippen molar-refractivity contribution in [2.24, 2.45) is 5.92 Å². The van der Waals surface area contributed by atoms with Crippen LogP contribution in [0, 0.1) is 5.92 Å². The average molecular weight is 351 g/mol. The number of aromatic nitrogens is 2. The number of β-amino-alcohol motifs (C(OH)–C–C–N with tert-alkyl or cyclic N) is 1. The molecule has 5 nitrogen and oxygen atoms in total. The number of rotatable bonds is 5. The number of hydrogen-bond donors (Lipinski definition) is 1. The molecule has 1 fully saturated rings. The lowest BCUT2D eigenvalue weighted by molar-refractivity contribution is 0.140. The quantitative estimate of drug-likeness (QED) is 0.763. The highest BCUT2D eigenvalue weighted by Crippen LogP contribution is 2.26. The normalized spacial score (nSPS) is 21.1. The van der Waals surface area contributed by atoms with Crippen LogP contribution in [-0.2, 0) is 13.0 Å². The van der Waals surface area contributed by atoms with E-state index in [1.54, 1.807) is 0 Å². The summed E-state index contributed by atoms with van der Waals surface area (Å²) in [6.07, 6.45) is 2.39. The van der Waals surface area contributed by atoms with Gasteiger partial charge in [-0.25, -0.2) is 0 Å². The monoisotopic (exact) mass is 351 g/mol. The Morgan fingerprint density at radius 1 is 1.23 bits per heavy atom. The number of pyridine rings is 1. The number of para-hydroxylation sites is 1. The molecule has 3 aromatic rings. The highest BCUT2D eigenvalue weighted by molar-refractivity contribution is 5.81. The maximum Gasteiger partial charge on any atom is 0.150 e. The lowest BCUT2D eigenvalue weighted by Gasteiger charge is -2.15. The third-order valence-electron chi connectivity index (χ3n) is 5.25. The van der Waals surface area contributed by atoms with E-state index in [1.807, 2.05) is 30.5 Å². The molecule has 1 aliphatic heterocycles. The van der Waals surface area contributed by atoms with Crippen LogP contribution >= 0.6 is 0 Å². The largest absolute Gasteiger partial charge is 0.391 e. The first-order valence-corrected chi connectivity index (χ1v) is 9.28. The van der Waals surface area contributed by atoms with Crippen LogP contribution < -0.4 is 0 Å². The summed E-state index contributed by atoms with van der Waals surface area (Å²) in [5.41, 5.74) is 3.25.